The molecular weight excluding hydrogens is 260 g/mol. The van der Waals surface area contributed by atoms with Crippen molar-refractivity contribution in [3.8, 4) is 0 Å². The summed E-state index contributed by atoms with van der Waals surface area (Å²) in [5, 5.41) is 0. The summed E-state index contributed by atoms with van der Waals surface area (Å²) in [5.41, 5.74) is 5.35. The number of nitrogens with two attached hydrogens (primary N) is 1. The molecule has 0 aromatic carbocycles. The zero-order valence-electron chi connectivity index (χ0n) is 11.7. The fourth-order valence-corrected chi connectivity index (χ4v) is 3.49. The molecule has 1 aliphatic heterocycles. The van der Waals surface area contributed by atoms with Gasteiger partial charge in [0.1, 0.15) is 0 Å². The maximum Gasteiger partial charge on any atom is 0.235 e. The number of amides is 1. The summed E-state index contributed by atoms with van der Waals surface area (Å²) >= 11 is 5.24. The monoisotopic (exact) mass is 284 g/mol. The summed E-state index contributed by atoms with van der Waals surface area (Å²) < 4.78 is 5.61. The summed E-state index contributed by atoms with van der Waals surface area (Å²) in [6.07, 6.45) is 5.88. The van der Waals surface area contributed by atoms with Crippen LogP contribution in [-0.4, -0.2) is 41.6 Å². The Morgan fingerprint density at radius 2 is 2.00 bits per heavy atom. The van der Waals surface area contributed by atoms with Crippen molar-refractivity contribution in [2.24, 2.45) is 11.1 Å². The molecule has 108 valence electrons. The summed E-state index contributed by atoms with van der Waals surface area (Å²) in [5.74, 6) is 0.136. The maximum absolute atomic E-state index is 12.9. The Morgan fingerprint density at radius 3 is 2.63 bits per heavy atom. The van der Waals surface area contributed by atoms with Gasteiger partial charge < -0.3 is 15.4 Å². The van der Waals surface area contributed by atoms with Crippen molar-refractivity contribution in [2.75, 3.05) is 19.7 Å². The van der Waals surface area contributed by atoms with Gasteiger partial charge in [-0.2, -0.15) is 0 Å². The highest BCUT2D eigenvalue weighted by molar-refractivity contribution is 7.80. The molecule has 0 aromatic rings. The molecule has 1 saturated carbocycles. The van der Waals surface area contributed by atoms with Crippen LogP contribution in [-0.2, 0) is 9.53 Å². The van der Waals surface area contributed by atoms with Crippen molar-refractivity contribution in [1.82, 2.24) is 4.90 Å². The number of thiocarbonyl (C=S) groups is 1. The molecule has 0 spiro atoms. The number of ether oxygens (including phenoxy) is 1. The lowest BCUT2D eigenvalue weighted by Crippen LogP contribution is -2.52. The molecule has 1 saturated heterocycles. The molecule has 0 aromatic heterocycles. The van der Waals surface area contributed by atoms with E-state index in [2.05, 4.69) is 0 Å². The van der Waals surface area contributed by atoms with Crippen LogP contribution in [0.1, 0.15) is 45.4 Å². The highest BCUT2D eigenvalue weighted by Gasteiger charge is 2.45. The average molecular weight is 284 g/mol. The first-order valence-electron chi connectivity index (χ1n) is 7.27. The lowest BCUT2D eigenvalue weighted by Gasteiger charge is -2.39. The maximum atomic E-state index is 12.9. The van der Waals surface area contributed by atoms with Gasteiger partial charge in [0, 0.05) is 19.7 Å². The van der Waals surface area contributed by atoms with E-state index in [0.29, 0.717) is 11.5 Å². The molecule has 1 aliphatic carbocycles. The van der Waals surface area contributed by atoms with Gasteiger partial charge in [0.15, 0.2) is 0 Å². The van der Waals surface area contributed by atoms with Crippen LogP contribution >= 0.6 is 12.2 Å². The lowest BCUT2D eigenvalue weighted by molar-refractivity contribution is -0.140. The predicted octanol–water partition coefficient (Wildman–Crippen LogP) is 1.86. The summed E-state index contributed by atoms with van der Waals surface area (Å²) in [6, 6.07) is 0. The van der Waals surface area contributed by atoms with Crippen LogP contribution in [0.2, 0.25) is 0 Å². The van der Waals surface area contributed by atoms with Crippen molar-refractivity contribution in [3.63, 3.8) is 0 Å². The molecular formula is C14H24N2O2S. The molecule has 1 atom stereocenters. The number of rotatable bonds is 2. The van der Waals surface area contributed by atoms with Crippen molar-refractivity contribution < 1.29 is 9.53 Å². The van der Waals surface area contributed by atoms with Gasteiger partial charge in [-0.05, 0) is 26.2 Å². The Hall–Kier alpha value is -0.680. The van der Waals surface area contributed by atoms with Gasteiger partial charge in [-0.3, -0.25) is 4.79 Å². The third-order valence-corrected chi connectivity index (χ3v) is 4.72. The first-order valence-corrected chi connectivity index (χ1v) is 7.68. The summed E-state index contributed by atoms with van der Waals surface area (Å²) in [4.78, 5) is 15.2. The lowest BCUT2D eigenvalue weighted by atomic mass is 9.72. The SMILES string of the molecule is CC1CN(C(=O)C2(C(N)=S)CCCCC2)CCCO1. The average Bonchev–Trinajstić information content (AvgIpc) is 2.63. The zero-order valence-corrected chi connectivity index (χ0v) is 12.5. The van der Waals surface area contributed by atoms with Crippen LogP contribution in [0.5, 0.6) is 0 Å². The van der Waals surface area contributed by atoms with Crippen molar-refractivity contribution in [1.29, 1.82) is 0 Å². The van der Waals surface area contributed by atoms with Gasteiger partial charge in [-0.15, -0.1) is 0 Å². The Balaban J connectivity index is 2.16. The number of carbonyl (C=O) groups excluding carboxylic acids is 1. The number of carbonyl (C=O) groups is 1. The first kappa shape index (κ1) is 14.7. The van der Waals surface area contributed by atoms with Crippen LogP contribution in [0.15, 0.2) is 0 Å². The minimum absolute atomic E-state index is 0.0958. The molecule has 2 N–H and O–H groups in total. The van der Waals surface area contributed by atoms with Gasteiger partial charge in [-0.25, -0.2) is 0 Å². The van der Waals surface area contributed by atoms with E-state index in [1.807, 2.05) is 11.8 Å². The normalized spacial score (nSPS) is 27.6. The van der Waals surface area contributed by atoms with Gasteiger partial charge in [0.25, 0.3) is 0 Å². The molecule has 0 radical (unpaired) electrons. The molecule has 0 bridgehead atoms. The number of hydrogen-bond acceptors (Lipinski definition) is 3. The third-order valence-electron chi connectivity index (χ3n) is 4.33. The van der Waals surface area contributed by atoms with Crippen LogP contribution in [0, 0.1) is 5.41 Å². The highest BCUT2D eigenvalue weighted by Crippen LogP contribution is 2.38. The number of hydrogen-bond donors (Lipinski definition) is 1. The summed E-state index contributed by atoms with van der Waals surface area (Å²) in [7, 11) is 0. The smallest absolute Gasteiger partial charge is 0.235 e. The third kappa shape index (κ3) is 3.08. The van der Waals surface area contributed by atoms with E-state index in [-0.39, 0.29) is 12.0 Å². The van der Waals surface area contributed by atoms with E-state index >= 15 is 0 Å². The Kier molecular flexibility index (Phi) is 4.79. The van der Waals surface area contributed by atoms with Gasteiger partial charge in [0.2, 0.25) is 5.91 Å². The molecule has 2 aliphatic rings. The largest absolute Gasteiger partial charge is 0.392 e. The fourth-order valence-electron chi connectivity index (χ4n) is 3.20. The van der Waals surface area contributed by atoms with E-state index in [4.69, 9.17) is 22.7 Å². The van der Waals surface area contributed by atoms with Gasteiger partial charge in [-0.1, -0.05) is 31.5 Å². The molecule has 19 heavy (non-hydrogen) atoms. The van der Waals surface area contributed by atoms with Crippen LogP contribution in [0.3, 0.4) is 0 Å². The second-order valence-electron chi connectivity index (χ2n) is 5.79. The zero-order chi connectivity index (χ0) is 13.9. The topological polar surface area (TPSA) is 55.6 Å². The molecule has 2 fully saturated rings. The molecule has 4 nitrogen and oxygen atoms in total. The van der Waals surface area contributed by atoms with E-state index in [0.717, 1.165) is 45.3 Å². The predicted molar refractivity (Wildman–Crippen MR) is 78.9 cm³/mol. The Morgan fingerprint density at radius 1 is 1.32 bits per heavy atom. The minimum Gasteiger partial charge on any atom is -0.392 e. The van der Waals surface area contributed by atoms with E-state index in [1.165, 1.54) is 6.42 Å². The van der Waals surface area contributed by atoms with Crippen molar-refractivity contribution >= 4 is 23.1 Å². The Bertz CT molecular complexity index is 353. The second-order valence-corrected chi connectivity index (χ2v) is 6.23. The van der Waals surface area contributed by atoms with E-state index in [9.17, 15) is 4.79 Å². The molecule has 5 heteroatoms. The number of nitrogens with zero attached hydrogens (tertiary/aromatic N) is 1. The minimum atomic E-state index is -0.586. The first-order chi connectivity index (χ1) is 9.06. The Labute approximate surface area is 120 Å². The van der Waals surface area contributed by atoms with E-state index in [1.54, 1.807) is 0 Å². The molecule has 2 rings (SSSR count). The second kappa shape index (κ2) is 6.18. The van der Waals surface area contributed by atoms with Gasteiger partial charge in [0.05, 0.1) is 16.5 Å². The van der Waals surface area contributed by atoms with Crippen molar-refractivity contribution in [2.45, 2.75) is 51.6 Å². The quantitative estimate of drug-likeness (QED) is 0.786. The van der Waals surface area contributed by atoms with E-state index < -0.39 is 5.41 Å². The van der Waals surface area contributed by atoms with Gasteiger partial charge >= 0.3 is 0 Å². The van der Waals surface area contributed by atoms with Crippen LogP contribution < -0.4 is 5.73 Å². The highest BCUT2D eigenvalue weighted by atomic mass is 32.1. The molecule has 1 unspecified atom stereocenters. The standard InChI is InChI=1S/C14H24N2O2S/c1-11-10-16(8-5-9-18-11)13(17)14(12(15)19)6-3-2-4-7-14/h11H,2-10H2,1H3,(H2,15,19). The van der Waals surface area contributed by atoms with Crippen LogP contribution in [0.25, 0.3) is 0 Å². The summed E-state index contributed by atoms with van der Waals surface area (Å²) in [6.45, 7) is 4.15. The molecule has 1 amide bonds. The fraction of sp³-hybridized carbons (Fsp3) is 0.857. The van der Waals surface area contributed by atoms with Crippen LogP contribution in [0.4, 0.5) is 0 Å². The van der Waals surface area contributed by atoms with Crippen molar-refractivity contribution in [3.05, 3.63) is 0 Å². The molecule has 1 heterocycles.